The number of carbonyl (C=O) groups is 1. The SMILES string of the molecule is CCCCC/C=C/CC(O)/C=C/C=C/C=C/C(O)CCCC(=O)OC(COCCCCCCCCCCCCCCCCCC)COP(=O)(O)OCC[N+](C)(C)C. The molecule has 0 rings (SSSR count). The van der Waals surface area contributed by atoms with E-state index in [1.165, 1.54) is 103 Å². The van der Waals surface area contributed by atoms with Crippen molar-refractivity contribution in [3.8, 4) is 0 Å². The maximum atomic E-state index is 12.7. The monoisotopic (exact) mass is 829 g/mol. The maximum Gasteiger partial charge on any atom is 0.472 e. The molecule has 0 aliphatic rings. The zero-order chi connectivity index (χ0) is 42.3. The van der Waals surface area contributed by atoms with Crippen molar-refractivity contribution < 1.29 is 47.5 Å². The fraction of sp³-hybridized carbons (Fsp3) is 0.804. The molecular weight excluding hydrogens is 741 g/mol. The molecule has 0 aromatic carbocycles. The average Bonchev–Trinajstić information content (AvgIpc) is 3.15. The first-order chi connectivity index (χ1) is 27.4. The quantitative estimate of drug-likeness (QED) is 0.0138. The van der Waals surface area contributed by atoms with Crippen molar-refractivity contribution in [1.29, 1.82) is 0 Å². The van der Waals surface area contributed by atoms with E-state index in [1.807, 2.05) is 27.2 Å². The van der Waals surface area contributed by atoms with Crippen molar-refractivity contribution in [2.75, 3.05) is 54.1 Å². The lowest BCUT2D eigenvalue weighted by Crippen LogP contribution is -2.37. The number of phosphoric acid groups is 1. The van der Waals surface area contributed by atoms with E-state index < -0.39 is 32.1 Å². The molecule has 11 heteroatoms. The Morgan fingerprint density at radius 1 is 0.632 bits per heavy atom. The first-order valence-corrected chi connectivity index (χ1v) is 24.1. The van der Waals surface area contributed by atoms with Gasteiger partial charge in [0.15, 0.2) is 0 Å². The third-order valence-electron chi connectivity index (χ3n) is 9.58. The van der Waals surface area contributed by atoms with Crippen LogP contribution in [0.25, 0.3) is 0 Å². The Morgan fingerprint density at radius 2 is 1.16 bits per heavy atom. The van der Waals surface area contributed by atoms with Crippen LogP contribution in [-0.4, -0.2) is 98.0 Å². The van der Waals surface area contributed by atoms with Gasteiger partial charge < -0.3 is 29.1 Å². The smallest absolute Gasteiger partial charge is 0.457 e. The number of aliphatic hydroxyl groups excluding tert-OH is 2. The number of ether oxygens (including phenoxy) is 2. The normalized spacial score (nSPS) is 15.3. The van der Waals surface area contributed by atoms with Gasteiger partial charge in [-0.3, -0.25) is 13.8 Å². The average molecular weight is 829 g/mol. The fourth-order valence-electron chi connectivity index (χ4n) is 5.98. The van der Waals surface area contributed by atoms with E-state index in [0.29, 0.717) is 36.9 Å². The third kappa shape index (κ3) is 42.3. The number of allylic oxidation sites excluding steroid dienone is 5. The topological polar surface area (TPSA) is 132 Å². The second kappa shape index (κ2) is 38.6. The van der Waals surface area contributed by atoms with Crippen molar-refractivity contribution in [3.05, 3.63) is 48.6 Å². The van der Waals surface area contributed by atoms with Gasteiger partial charge in [0.25, 0.3) is 0 Å². The van der Waals surface area contributed by atoms with E-state index in [2.05, 4.69) is 19.9 Å². The molecule has 0 spiro atoms. The molecule has 0 saturated heterocycles. The van der Waals surface area contributed by atoms with Gasteiger partial charge in [0, 0.05) is 13.0 Å². The molecule has 0 heterocycles. The molecule has 0 aliphatic carbocycles. The summed E-state index contributed by atoms with van der Waals surface area (Å²) in [5.74, 6) is -0.496. The number of hydrogen-bond acceptors (Lipinski definition) is 8. The van der Waals surface area contributed by atoms with Crippen LogP contribution in [0.15, 0.2) is 48.6 Å². The van der Waals surface area contributed by atoms with Crippen LogP contribution in [0, 0.1) is 0 Å². The van der Waals surface area contributed by atoms with Gasteiger partial charge in [0.2, 0.25) is 0 Å². The van der Waals surface area contributed by atoms with Crippen LogP contribution < -0.4 is 0 Å². The maximum absolute atomic E-state index is 12.7. The molecule has 0 radical (unpaired) electrons. The lowest BCUT2D eigenvalue weighted by atomic mass is 10.0. The van der Waals surface area contributed by atoms with Crippen LogP contribution in [0.3, 0.4) is 0 Å². The van der Waals surface area contributed by atoms with E-state index in [0.717, 1.165) is 25.7 Å². The van der Waals surface area contributed by atoms with Crippen molar-refractivity contribution in [1.82, 2.24) is 0 Å². The lowest BCUT2D eigenvalue weighted by molar-refractivity contribution is -0.870. The Hall–Kier alpha value is -1.62. The van der Waals surface area contributed by atoms with Crippen LogP contribution >= 0.6 is 7.82 Å². The number of esters is 1. The number of hydrogen-bond donors (Lipinski definition) is 3. The van der Waals surface area contributed by atoms with Crippen LogP contribution in [0.2, 0.25) is 0 Å². The summed E-state index contributed by atoms with van der Waals surface area (Å²) in [6.45, 7) is 5.22. The van der Waals surface area contributed by atoms with Gasteiger partial charge >= 0.3 is 13.8 Å². The number of carbonyl (C=O) groups excluding carboxylic acids is 1. The van der Waals surface area contributed by atoms with Crippen molar-refractivity contribution in [2.24, 2.45) is 0 Å². The number of likely N-dealkylation sites (N-methyl/N-ethyl adjacent to an activating group) is 1. The first-order valence-electron chi connectivity index (χ1n) is 22.6. The van der Waals surface area contributed by atoms with Gasteiger partial charge in [0.05, 0.1) is 46.6 Å². The standard InChI is InChI=1S/C46H86NO9P/c1-6-8-10-12-14-15-16-17-18-19-20-21-22-23-27-31-39-53-41-45(42-55-57(51,52)54-40-38-47(3,4)5)56-46(50)37-32-36-44(49)35-30-26-25-29-34-43(48)33-28-24-13-11-9-7-2/h24-26,28-30,34-35,43-45,48-49H,6-23,27,31-33,36-42H2,1-5H3/p+1/b26-25+,28-24+,34-29+,35-30+. The Kier molecular flexibility index (Phi) is 37.5. The highest BCUT2D eigenvalue weighted by molar-refractivity contribution is 7.47. The Morgan fingerprint density at radius 3 is 1.72 bits per heavy atom. The Labute approximate surface area is 349 Å². The molecule has 4 unspecified atom stereocenters. The second-order valence-electron chi connectivity index (χ2n) is 16.5. The number of quaternary nitrogens is 1. The number of phosphoric ester groups is 1. The van der Waals surface area contributed by atoms with E-state index in [9.17, 15) is 24.5 Å². The van der Waals surface area contributed by atoms with E-state index >= 15 is 0 Å². The predicted molar refractivity (Wildman–Crippen MR) is 236 cm³/mol. The number of nitrogens with zero attached hydrogens (tertiary/aromatic N) is 1. The highest BCUT2D eigenvalue weighted by atomic mass is 31.2. The van der Waals surface area contributed by atoms with E-state index in [-0.39, 0.29) is 26.2 Å². The summed E-state index contributed by atoms with van der Waals surface area (Å²) in [6.07, 6.45) is 39.2. The molecule has 0 saturated carbocycles. The molecule has 57 heavy (non-hydrogen) atoms. The van der Waals surface area contributed by atoms with Gasteiger partial charge in [-0.1, -0.05) is 172 Å². The van der Waals surface area contributed by atoms with E-state index in [1.54, 1.807) is 36.5 Å². The molecule has 334 valence electrons. The van der Waals surface area contributed by atoms with E-state index in [4.69, 9.17) is 18.5 Å². The largest absolute Gasteiger partial charge is 0.472 e. The summed E-state index contributed by atoms with van der Waals surface area (Å²) in [4.78, 5) is 22.9. The Bertz CT molecular complexity index is 1090. The Balaban J connectivity index is 4.49. The van der Waals surface area contributed by atoms with Gasteiger partial charge in [-0.25, -0.2) is 4.57 Å². The molecule has 0 aliphatic heterocycles. The molecule has 4 atom stereocenters. The highest BCUT2D eigenvalue weighted by Gasteiger charge is 2.26. The molecular formula is C46H87NO9P+. The van der Waals surface area contributed by atoms with Crippen LogP contribution in [0.1, 0.15) is 168 Å². The minimum atomic E-state index is -4.34. The van der Waals surface area contributed by atoms with Crippen molar-refractivity contribution >= 4 is 13.8 Å². The summed E-state index contributed by atoms with van der Waals surface area (Å²) >= 11 is 0. The van der Waals surface area contributed by atoms with Crippen molar-refractivity contribution in [3.63, 3.8) is 0 Å². The predicted octanol–water partition coefficient (Wildman–Crippen LogP) is 11.1. The van der Waals surface area contributed by atoms with Crippen LogP contribution in [0.4, 0.5) is 0 Å². The zero-order valence-corrected chi connectivity index (χ0v) is 37.9. The summed E-state index contributed by atoms with van der Waals surface area (Å²) in [6, 6.07) is 0. The number of aliphatic hydroxyl groups is 2. The minimum Gasteiger partial charge on any atom is -0.457 e. The molecule has 0 aromatic heterocycles. The molecule has 0 fully saturated rings. The zero-order valence-electron chi connectivity index (χ0n) is 37.0. The van der Waals surface area contributed by atoms with Gasteiger partial charge in [-0.15, -0.1) is 0 Å². The van der Waals surface area contributed by atoms with Gasteiger partial charge in [-0.2, -0.15) is 0 Å². The van der Waals surface area contributed by atoms with Crippen LogP contribution in [-0.2, 0) is 27.9 Å². The second-order valence-corrected chi connectivity index (χ2v) is 17.9. The molecule has 0 aromatic rings. The van der Waals surface area contributed by atoms with Gasteiger partial charge in [0.1, 0.15) is 19.3 Å². The van der Waals surface area contributed by atoms with Crippen LogP contribution in [0.5, 0.6) is 0 Å². The summed E-state index contributed by atoms with van der Waals surface area (Å²) in [5, 5.41) is 20.4. The molecule has 0 bridgehead atoms. The summed E-state index contributed by atoms with van der Waals surface area (Å²) < 4.78 is 34.8. The fourth-order valence-corrected chi connectivity index (χ4v) is 6.72. The van der Waals surface area contributed by atoms with Gasteiger partial charge in [-0.05, 0) is 38.5 Å². The molecule has 3 N–H and O–H groups in total. The highest BCUT2D eigenvalue weighted by Crippen LogP contribution is 2.43. The number of rotatable bonds is 41. The summed E-state index contributed by atoms with van der Waals surface area (Å²) in [5.41, 5.74) is 0. The first kappa shape index (κ1) is 55.4. The summed E-state index contributed by atoms with van der Waals surface area (Å²) in [7, 11) is 1.51. The number of unbranched alkanes of at least 4 members (excludes halogenated alkanes) is 18. The third-order valence-corrected chi connectivity index (χ3v) is 10.6. The van der Waals surface area contributed by atoms with Crippen molar-refractivity contribution in [2.45, 2.75) is 186 Å². The lowest BCUT2D eigenvalue weighted by Gasteiger charge is -2.24. The molecule has 10 nitrogen and oxygen atoms in total. The minimum absolute atomic E-state index is 0.0427. The molecule has 0 amide bonds.